The molecule has 1 aliphatic carbocycles. The third kappa shape index (κ3) is 4.88. The van der Waals surface area contributed by atoms with Gasteiger partial charge in [-0.15, -0.1) is 0 Å². The molecule has 0 aliphatic heterocycles. The van der Waals surface area contributed by atoms with Crippen LogP contribution >= 0.6 is 0 Å². The number of rotatable bonds is 8. The summed E-state index contributed by atoms with van der Waals surface area (Å²) in [4.78, 5) is 17.0. The molecule has 2 aromatic carbocycles. The highest BCUT2D eigenvalue weighted by Gasteiger charge is 2.25. The van der Waals surface area contributed by atoms with E-state index in [2.05, 4.69) is 46.4 Å². The Hall–Kier alpha value is -2.93. The van der Waals surface area contributed by atoms with Crippen LogP contribution in [0.15, 0.2) is 54.7 Å². The Bertz CT molecular complexity index is 1070. The van der Waals surface area contributed by atoms with Crippen molar-refractivity contribution in [1.29, 1.82) is 0 Å². The maximum Gasteiger partial charge on any atom is 0.267 e. The van der Waals surface area contributed by atoms with Gasteiger partial charge in [0.15, 0.2) is 0 Å². The Morgan fingerprint density at radius 2 is 2.10 bits per heavy atom. The van der Waals surface area contributed by atoms with Crippen molar-refractivity contribution in [3.05, 3.63) is 77.0 Å². The number of para-hydroxylation sites is 1. The van der Waals surface area contributed by atoms with Gasteiger partial charge in [-0.1, -0.05) is 36.4 Å². The number of aliphatic hydroxyl groups is 1. The lowest BCUT2D eigenvalue weighted by atomic mass is 9.85. The van der Waals surface area contributed by atoms with Crippen LogP contribution in [0, 0.1) is 0 Å². The summed E-state index contributed by atoms with van der Waals surface area (Å²) in [5.41, 5.74) is 7.61. The van der Waals surface area contributed by atoms with Gasteiger partial charge in [0.25, 0.3) is 5.91 Å². The van der Waals surface area contributed by atoms with Gasteiger partial charge >= 0.3 is 0 Å². The second-order valence-corrected chi connectivity index (χ2v) is 8.04. The second-order valence-electron chi connectivity index (χ2n) is 8.04. The molecular formula is C25H29N3O3. The first-order chi connectivity index (χ1) is 15.2. The zero-order valence-electron chi connectivity index (χ0n) is 17.6. The van der Waals surface area contributed by atoms with Crippen molar-refractivity contribution in [2.45, 2.75) is 31.7 Å². The van der Waals surface area contributed by atoms with Crippen LogP contribution in [0.1, 0.15) is 41.1 Å². The average Bonchev–Trinajstić information content (AvgIpc) is 3.22. The van der Waals surface area contributed by atoms with Crippen LogP contribution < -0.4 is 5.48 Å². The molecule has 0 saturated heterocycles. The van der Waals surface area contributed by atoms with Crippen molar-refractivity contribution >= 4 is 22.9 Å². The number of aryl methyl sites for hydroxylation is 1. The van der Waals surface area contributed by atoms with Crippen LogP contribution in [0.4, 0.5) is 0 Å². The van der Waals surface area contributed by atoms with Gasteiger partial charge in [-0.2, -0.15) is 0 Å². The maximum atomic E-state index is 11.3. The fourth-order valence-electron chi connectivity index (χ4n) is 4.66. The molecule has 4 N–H and O–H groups in total. The highest BCUT2D eigenvalue weighted by molar-refractivity contribution is 5.90. The Labute approximate surface area is 182 Å². The number of amides is 1. The van der Waals surface area contributed by atoms with E-state index in [-0.39, 0.29) is 12.6 Å². The molecule has 1 aromatic heterocycles. The van der Waals surface area contributed by atoms with Crippen LogP contribution in [-0.2, 0) is 17.6 Å². The SMILES string of the molecule is O=C(/C=C/c1ccc2c(c1)CCC[C@@H]2N(CCO)CCc1c[nH]c2ccccc12)NO. The minimum absolute atomic E-state index is 0.136. The van der Waals surface area contributed by atoms with Gasteiger partial charge in [-0.3, -0.25) is 14.9 Å². The molecule has 0 fully saturated rings. The summed E-state index contributed by atoms with van der Waals surface area (Å²) < 4.78 is 0. The van der Waals surface area contributed by atoms with E-state index >= 15 is 0 Å². The number of aromatic nitrogens is 1. The van der Waals surface area contributed by atoms with Gasteiger partial charge in [-0.25, -0.2) is 5.48 Å². The number of hydrogen-bond acceptors (Lipinski definition) is 4. The largest absolute Gasteiger partial charge is 0.395 e. The number of hydrogen-bond donors (Lipinski definition) is 4. The molecule has 0 saturated carbocycles. The fraction of sp³-hybridized carbons (Fsp3) is 0.320. The summed E-state index contributed by atoms with van der Waals surface area (Å²) in [6.45, 7) is 1.66. The number of H-pyrrole nitrogens is 1. The van der Waals surface area contributed by atoms with E-state index < -0.39 is 5.91 Å². The smallest absolute Gasteiger partial charge is 0.267 e. The first-order valence-electron chi connectivity index (χ1n) is 10.8. The molecule has 1 atom stereocenters. The van der Waals surface area contributed by atoms with E-state index in [1.54, 1.807) is 11.6 Å². The van der Waals surface area contributed by atoms with Crippen LogP contribution in [0.3, 0.4) is 0 Å². The van der Waals surface area contributed by atoms with Crippen molar-refractivity contribution in [3.63, 3.8) is 0 Å². The number of fused-ring (bicyclic) bond motifs is 2. The van der Waals surface area contributed by atoms with Gasteiger partial charge in [0.1, 0.15) is 0 Å². The molecule has 0 spiro atoms. The van der Waals surface area contributed by atoms with Crippen LogP contribution in [0.2, 0.25) is 0 Å². The van der Waals surface area contributed by atoms with E-state index in [1.807, 2.05) is 12.1 Å². The van der Waals surface area contributed by atoms with Gasteiger partial charge in [0.05, 0.1) is 6.61 Å². The zero-order valence-corrected chi connectivity index (χ0v) is 17.6. The monoisotopic (exact) mass is 419 g/mol. The predicted molar refractivity (Wildman–Crippen MR) is 122 cm³/mol. The molecule has 0 unspecified atom stereocenters. The van der Waals surface area contributed by atoms with E-state index in [0.717, 1.165) is 43.3 Å². The Balaban J connectivity index is 1.52. The third-order valence-electron chi connectivity index (χ3n) is 6.16. The predicted octanol–water partition coefficient (Wildman–Crippen LogP) is 3.60. The van der Waals surface area contributed by atoms with Crippen LogP contribution in [0.5, 0.6) is 0 Å². The van der Waals surface area contributed by atoms with Gasteiger partial charge < -0.3 is 10.1 Å². The van der Waals surface area contributed by atoms with Crippen LogP contribution in [0.25, 0.3) is 17.0 Å². The molecule has 6 nitrogen and oxygen atoms in total. The maximum absolute atomic E-state index is 11.3. The molecule has 1 heterocycles. The number of carbonyl (C=O) groups excluding carboxylic acids is 1. The van der Waals surface area contributed by atoms with E-state index in [9.17, 15) is 9.90 Å². The van der Waals surface area contributed by atoms with Crippen molar-refractivity contribution in [1.82, 2.24) is 15.4 Å². The van der Waals surface area contributed by atoms with E-state index in [1.165, 1.54) is 28.2 Å². The molecule has 0 bridgehead atoms. The summed E-state index contributed by atoms with van der Waals surface area (Å²) >= 11 is 0. The number of nitrogens with zero attached hydrogens (tertiary/aromatic N) is 1. The molecule has 1 aliphatic rings. The highest BCUT2D eigenvalue weighted by atomic mass is 16.5. The summed E-state index contributed by atoms with van der Waals surface area (Å²) in [6, 6.07) is 14.9. The Morgan fingerprint density at radius 1 is 1.23 bits per heavy atom. The van der Waals surface area contributed by atoms with Crippen molar-refractivity contribution in [3.8, 4) is 0 Å². The second kappa shape index (κ2) is 9.92. The highest BCUT2D eigenvalue weighted by Crippen LogP contribution is 2.35. The molecule has 0 radical (unpaired) electrons. The normalized spacial score (nSPS) is 16.2. The number of hydroxylamine groups is 1. The van der Waals surface area contributed by atoms with E-state index in [4.69, 9.17) is 5.21 Å². The molecule has 6 heteroatoms. The number of aliphatic hydroxyl groups excluding tert-OH is 1. The van der Waals surface area contributed by atoms with Gasteiger partial charge in [0.2, 0.25) is 0 Å². The van der Waals surface area contributed by atoms with E-state index in [0.29, 0.717) is 6.54 Å². The lowest BCUT2D eigenvalue weighted by Gasteiger charge is -2.36. The van der Waals surface area contributed by atoms with Gasteiger partial charge in [-0.05, 0) is 60.1 Å². The first kappa shape index (κ1) is 21.3. The van der Waals surface area contributed by atoms with Gasteiger partial charge in [0, 0.05) is 42.3 Å². The zero-order chi connectivity index (χ0) is 21.6. The molecule has 4 rings (SSSR count). The summed E-state index contributed by atoms with van der Waals surface area (Å²) in [5, 5.41) is 19.6. The number of benzene rings is 2. The number of nitrogens with one attached hydrogen (secondary N) is 2. The third-order valence-corrected chi connectivity index (χ3v) is 6.16. The number of aromatic amines is 1. The average molecular weight is 420 g/mol. The fourth-order valence-corrected chi connectivity index (χ4v) is 4.66. The summed E-state index contributed by atoms with van der Waals surface area (Å²) in [6.07, 6.45) is 9.22. The molecule has 1 amide bonds. The Morgan fingerprint density at radius 3 is 2.94 bits per heavy atom. The lowest BCUT2D eigenvalue weighted by molar-refractivity contribution is -0.124. The summed E-state index contributed by atoms with van der Waals surface area (Å²) in [7, 11) is 0. The minimum Gasteiger partial charge on any atom is -0.395 e. The Kier molecular flexibility index (Phi) is 6.82. The lowest BCUT2D eigenvalue weighted by Crippen LogP contribution is -2.35. The molecule has 31 heavy (non-hydrogen) atoms. The first-order valence-corrected chi connectivity index (χ1v) is 10.8. The van der Waals surface area contributed by atoms with Crippen molar-refractivity contribution in [2.75, 3.05) is 19.7 Å². The van der Waals surface area contributed by atoms with Crippen molar-refractivity contribution in [2.24, 2.45) is 0 Å². The van der Waals surface area contributed by atoms with Crippen molar-refractivity contribution < 1.29 is 15.1 Å². The standard InChI is InChI=1S/C25H29N3O3/c29-15-14-28(13-12-20-17-26-23-6-2-1-5-21(20)23)24-7-3-4-19-16-18(8-10-22(19)24)9-11-25(30)27-31/h1-2,5-6,8-11,16-17,24,26,29,31H,3-4,7,12-15H2,(H,27,30)/b11-9+/t24-/m0/s1. The molecule has 3 aromatic rings. The number of carbonyl (C=O) groups is 1. The summed E-state index contributed by atoms with van der Waals surface area (Å²) in [5.74, 6) is -0.540. The molecule has 162 valence electrons. The minimum atomic E-state index is -0.540. The van der Waals surface area contributed by atoms with Crippen LogP contribution in [-0.4, -0.2) is 45.8 Å². The molecular weight excluding hydrogens is 390 g/mol. The quantitative estimate of drug-likeness (QED) is 0.255. The topological polar surface area (TPSA) is 88.6 Å².